The number of hydrogen-bond donors (Lipinski definition) is 3. The number of fused-ring (bicyclic) bond motifs is 1. The third-order valence-electron chi connectivity index (χ3n) is 5.70. The molecule has 1 saturated heterocycles. The van der Waals surface area contributed by atoms with Gasteiger partial charge in [-0.05, 0) is 44.3 Å². The molecule has 2 aromatic heterocycles. The minimum atomic E-state index is -1.29. The van der Waals surface area contributed by atoms with Gasteiger partial charge in [-0.25, -0.2) is 15.7 Å². The molecule has 3 N–H and O–H groups in total. The van der Waals surface area contributed by atoms with Crippen LogP contribution in [-0.2, 0) is 4.74 Å². The van der Waals surface area contributed by atoms with Crippen LogP contribution in [0.2, 0.25) is 0 Å². The Hall–Kier alpha value is -2.48. The van der Waals surface area contributed by atoms with Gasteiger partial charge in [-0.2, -0.15) is 0 Å². The van der Waals surface area contributed by atoms with E-state index in [0.717, 1.165) is 25.2 Å². The van der Waals surface area contributed by atoms with Crippen LogP contribution in [0.5, 0.6) is 5.75 Å². The van der Waals surface area contributed by atoms with Gasteiger partial charge >= 0.3 is 18.9 Å². The molecule has 3 heterocycles. The number of anilines is 1. The van der Waals surface area contributed by atoms with Crippen molar-refractivity contribution in [2.75, 3.05) is 18.5 Å². The normalized spacial score (nSPS) is 16.0. The fraction of sp³-hybridized carbons (Fsp3) is 0.407. The summed E-state index contributed by atoms with van der Waals surface area (Å²) >= 11 is 0. The van der Waals surface area contributed by atoms with Crippen LogP contribution in [0.3, 0.4) is 0 Å². The van der Waals surface area contributed by atoms with Crippen molar-refractivity contribution in [3.05, 3.63) is 74.3 Å². The van der Waals surface area contributed by atoms with Crippen LogP contribution < -0.4 is 28.9 Å². The average Bonchev–Trinajstić information content (AvgIpc) is 3.36. The Morgan fingerprint density at radius 1 is 1.18 bits per heavy atom. The first kappa shape index (κ1) is 31.7. The molecule has 38 heavy (non-hydrogen) atoms. The number of nitrogens with one attached hydrogen (secondary N) is 1. The largest absolute Gasteiger partial charge is 1.00 e. The number of benzene rings is 1. The van der Waals surface area contributed by atoms with Gasteiger partial charge < -0.3 is 43.8 Å². The quantitative estimate of drug-likeness (QED) is 0.301. The van der Waals surface area contributed by atoms with Crippen molar-refractivity contribution in [3.8, 4) is 5.75 Å². The van der Waals surface area contributed by atoms with Crippen molar-refractivity contribution in [1.82, 2.24) is 15.0 Å². The molecule has 11 heteroatoms. The Balaban J connectivity index is 0.000000292. The Bertz CT molecular complexity index is 1190. The predicted octanol–water partition coefficient (Wildman–Crippen LogP) is 1.38. The van der Waals surface area contributed by atoms with E-state index >= 15 is 0 Å². The second kappa shape index (κ2) is 14.1. The Labute approximate surface area is 234 Å². The molecular formula is C27H33F2LiN4O4-2. The zero-order valence-electron chi connectivity index (χ0n) is 22.1. The maximum Gasteiger partial charge on any atom is 1.00 e. The van der Waals surface area contributed by atoms with Crippen LogP contribution in [0, 0.1) is 32.4 Å². The van der Waals surface area contributed by atoms with E-state index in [1.165, 1.54) is 26.1 Å². The average molecular weight is 523 g/mol. The first-order valence-electron chi connectivity index (χ1n) is 12.0. The molecule has 202 valence electrons. The first-order valence-corrected chi connectivity index (χ1v) is 12.0. The molecule has 4 rings (SSSR count). The van der Waals surface area contributed by atoms with Gasteiger partial charge in [0.2, 0.25) is 0 Å². The van der Waals surface area contributed by atoms with Crippen molar-refractivity contribution in [3.63, 3.8) is 0 Å². The maximum atomic E-state index is 13.1. The molecule has 1 aliphatic rings. The van der Waals surface area contributed by atoms with Crippen molar-refractivity contribution in [1.29, 1.82) is 0 Å². The summed E-state index contributed by atoms with van der Waals surface area (Å²) in [6, 6.07) is 5.05. The van der Waals surface area contributed by atoms with Gasteiger partial charge in [0.1, 0.15) is 17.4 Å². The third kappa shape index (κ3) is 8.51. The summed E-state index contributed by atoms with van der Waals surface area (Å²) in [6.07, 6.45) is 2.12. The van der Waals surface area contributed by atoms with E-state index in [4.69, 9.17) is 9.47 Å². The van der Waals surface area contributed by atoms with E-state index in [2.05, 4.69) is 41.0 Å². The first-order chi connectivity index (χ1) is 17.5. The topological polar surface area (TPSA) is 110 Å². The molecule has 0 amide bonds. The van der Waals surface area contributed by atoms with Crippen molar-refractivity contribution in [2.45, 2.75) is 57.0 Å². The molecule has 0 radical (unpaired) electrons. The van der Waals surface area contributed by atoms with Crippen molar-refractivity contribution in [2.24, 2.45) is 0 Å². The van der Waals surface area contributed by atoms with E-state index in [-0.39, 0.29) is 36.8 Å². The standard InChI is InChI=1S/C16H21N4O3.C11H12F2O.Li/c1-9-15(19-10-4-5-23-8-10)20-11-6-12(14(21)16(2,3)22)17-7-13(11)18-9;1-3-9(4-2)14-11-6-5-8(12)7-10(11)13;/h6-7,10,14,21-22H,1,4-5,8H2,2-3H3,(H,19,20);5-7,9H,1-4H2;/q-1;-2;+1/t10-,14+;;/m1../s1. The number of aliphatic hydroxyl groups is 2. The van der Waals surface area contributed by atoms with E-state index in [0.29, 0.717) is 47.7 Å². The summed E-state index contributed by atoms with van der Waals surface area (Å²) in [5.74, 6) is -0.667. The van der Waals surface area contributed by atoms with Crippen LogP contribution in [0.1, 0.15) is 50.6 Å². The minimum absolute atomic E-state index is 0. The monoisotopic (exact) mass is 522 g/mol. The summed E-state index contributed by atoms with van der Waals surface area (Å²) in [4.78, 5) is 13.1. The van der Waals surface area contributed by atoms with E-state index in [1.807, 2.05) is 0 Å². The summed E-state index contributed by atoms with van der Waals surface area (Å²) < 4.78 is 36.2. The number of nitrogens with zero attached hydrogens (tertiary/aromatic N) is 3. The molecule has 8 nitrogen and oxygen atoms in total. The number of ether oxygens (including phenoxy) is 2. The molecule has 0 spiro atoms. The summed E-state index contributed by atoms with van der Waals surface area (Å²) in [5, 5.41) is 23.4. The molecule has 3 aromatic rings. The second-order valence-electron chi connectivity index (χ2n) is 9.27. The van der Waals surface area contributed by atoms with Crippen LogP contribution in [0.4, 0.5) is 14.6 Å². The second-order valence-corrected chi connectivity index (χ2v) is 9.27. The summed E-state index contributed by atoms with van der Waals surface area (Å²) in [6.45, 7) is 15.6. The van der Waals surface area contributed by atoms with Crippen LogP contribution >= 0.6 is 0 Å². The Kier molecular flexibility index (Phi) is 11.7. The van der Waals surface area contributed by atoms with Gasteiger partial charge in [0, 0.05) is 24.8 Å². The zero-order chi connectivity index (χ0) is 27.2. The molecule has 1 aromatic carbocycles. The fourth-order valence-electron chi connectivity index (χ4n) is 3.49. The predicted molar refractivity (Wildman–Crippen MR) is 137 cm³/mol. The van der Waals surface area contributed by atoms with Gasteiger partial charge in [0.05, 0.1) is 29.6 Å². The van der Waals surface area contributed by atoms with Gasteiger partial charge in [-0.3, -0.25) is 9.97 Å². The Morgan fingerprint density at radius 2 is 1.89 bits per heavy atom. The zero-order valence-corrected chi connectivity index (χ0v) is 22.1. The minimum Gasteiger partial charge on any atom is -0.493 e. The third-order valence-corrected chi connectivity index (χ3v) is 5.70. The van der Waals surface area contributed by atoms with E-state index in [9.17, 15) is 19.0 Å². The molecule has 2 atom stereocenters. The van der Waals surface area contributed by atoms with Gasteiger partial charge in [0.25, 0.3) is 0 Å². The summed E-state index contributed by atoms with van der Waals surface area (Å²) in [5.41, 5.74) is 0.790. The molecule has 1 aliphatic heterocycles. The number of hydrogen-bond acceptors (Lipinski definition) is 8. The van der Waals surface area contributed by atoms with E-state index in [1.54, 1.807) is 6.07 Å². The summed E-state index contributed by atoms with van der Waals surface area (Å²) in [7, 11) is 0. The fourth-order valence-corrected chi connectivity index (χ4v) is 3.49. The smallest absolute Gasteiger partial charge is 0.493 e. The molecule has 0 unspecified atom stereocenters. The van der Waals surface area contributed by atoms with Gasteiger partial charge in [0.15, 0.2) is 11.6 Å². The molecule has 1 fully saturated rings. The van der Waals surface area contributed by atoms with Gasteiger partial charge in [-0.15, -0.1) is 12.8 Å². The van der Waals surface area contributed by atoms with Crippen molar-refractivity contribution < 1.29 is 47.3 Å². The molecule has 0 saturated carbocycles. The number of halogens is 2. The van der Waals surface area contributed by atoms with Crippen LogP contribution in [0.25, 0.3) is 11.0 Å². The van der Waals surface area contributed by atoms with Crippen molar-refractivity contribution >= 4 is 16.9 Å². The van der Waals surface area contributed by atoms with Gasteiger partial charge in [-0.1, -0.05) is 5.69 Å². The number of rotatable bonds is 8. The van der Waals surface area contributed by atoms with Crippen LogP contribution in [-0.4, -0.2) is 56.1 Å². The molecule has 0 aliphatic carbocycles. The molecular weight excluding hydrogens is 489 g/mol. The SMILES string of the molecule is [CH2-]CC(C[CH2-])Oc1ccc(F)cc1F.[CH2-]c1nc2cnc([C@H](O)C(C)(C)O)cc2nc1N[C@@H]1CCOC1.[Li+]. The van der Waals surface area contributed by atoms with Crippen LogP contribution in [0.15, 0.2) is 30.5 Å². The maximum absolute atomic E-state index is 13.1. The Morgan fingerprint density at radius 3 is 2.47 bits per heavy atom. The number of aliphatic hydroxyl groups excluding tert-OH is 1. The number of pyridine rings is 1. The van der Waals surface area contributed by atoms with E-state index < -0.39 is 23.3 Å². The molecule has 0 bridgehead atoms. The number of aromatic nitrogens is 3.